The minimum atomic E-state index is -4.28. The molecule has 2 aliphatic rings. The second-order valence-corrected chi connectivity index (χ2v) is 18.5. The molecule has 0 spiro atoms. The SMILES string of the molecule is CCCCN(CCCC)C(=O)c1cn(CCCN2CCN(C)CC2)c(-c2ccc(C(=O)NS(=O)(=O)c3ccc4ccccc4c3)cc2C(=O)N2Cc3ccccc3C[C@H]2CC)n1. The zero-order valence-electron chi connectivity index (χ0n) is 36.7. The van der Waals surface area contributed by atoms with E-state index in [0.717, 1.165) is 81.2 Å². The molecule has 12 nitrogen and oxygen atoms in total. The Bertz CT molecular complexity index is 2490. The van der Waals surface area contributed by atoms with E-state index in [0.29, 0.717) is 56.1 Å². The number of imidazole rings is 1. The second-order valence-electron chi connectivity index (χ2n) is 16.8. The first-order valence-electron chi connectivity index (χ1n) is 22.3. The largest absolute Gasteiger partial charge is 0.337 e. The van der Waals surface area contributed by atoms with Gasteiger partial charge in [0, 0.05) is 75.7 Å². The van der Waals surface area contributed by atoms with Gasteiger partial charge in [0.15, 0.2) is 0 Å². The molecule has 328 valence electrons. The summed E-state index contributed by atoms with van der Waals surface area (Å²) < 4.78 is 31.6. The minimum Gasteiger partial charge on any atom is -0.337 e. The predicted octanol–water partition coefficient (Wildman–Crippen LogP) is 7.48. The first-order valence-corrected chi connectivity index (χ1v) is 23.8. The lowest BCUT2D eigenvalue weighted by Gasteiger charge is -2.37. The number of carbonyl (C=O) groups excluding carboxylic acids is 3. The number of carbonyl (C=O) groups is 3. The van der Waals surface area contributed by atoms with E-state index in [4.69, 9.17) is 4.98 Å². The summed E-state index contributed by atoms with van der Waals surface area (Å²) in [5, 5.41) is 1.60. The van der Waals surface area contributed by atoms with E-state index in [-0.39, 0.29) is 33.9 Å². The minimum absolute atomic E-state index is 0.0155. The number of aryl methyl sites for hydroxylation is 1. The lowest BCUT2D eigenvalue weighted by atomic mass is 9.91. The van der Waals surface area contributed by atoms with Crippen LogP contribution in [-0.4, -0.2) is 114 Å². The lowest BCUT2D eigenvalue weighted by Crippen LogP contribution is -2.44. The summed E-state index contributed by atoms with van der Waals surface area (Å²) in [5.41, 5.74) is 3.28. The Morgan fingerprint density at radius 1 is 0.790 bits per heavy atom. The number of hydrogen-bond acceptors (Lipinski definition) is 8. The van der Waals surface area contributed by atoms with E-state index in [2.05, 4.69) is 48.4 Å². The molecule has 2 aliphatic heterocycles. The van der Waals surface area contributed by atoms with Crippen molar-refractivity contribution in [2.75, 3.05) is 52.9 Å². The summed E-state index contributed by atoms with van der Waals surface area (Å²) >= 11 is 0. The number of sulfonamides is 1. The van der Waals surface area contributed by atoms with Gasteiger partial charge in [-0.25, -0.2) is 18.1 Å². The third-order valence-corrected chi connectivity index (χ3v) is 13.7. The van der Waals surface area contributed by atoms with Crippen LogP contribution in [0.5, 0.6) is 0 Å². The van der Waals surface area contributed by atoms with Gasteiger partial charge in [0.05, 0.1) is 10.5 Å². The topological polar surface area (TPSA) is 128 Å². The van der Waals surface area contributed by atoms with Gasteiger partial charge in [-0.05, 0) is 97.9 Å². The Morgan fingerprint density at radius 3 is 2.19 bits per heavy atom. The van der Waals surface area contributed by atoms with Gasteiger partial charge in [0.1, 0.15) is 11.5 Å². The quantitative estimate of drug-likeness (QED) is 0.102. The number of nitrogens with zero attached hydrogens (tertiary/aromatic N) is 6. The molecule has 0 radical (unpaired) electrons. The Hall–Kier alpha value is -5.37. The Balaban J connectivity index is 1.29. The molecule has 7 rings (SSSR count). The normalized spacial score (nSPS) is 16.0. The summed E-state index contributed by atoms with van der Waals surface area (Å²) in [5.74, 6) is -0.834. The van der Waals surface area contributed by atoms with Crippen LogP contribution in [0.3, 0.4) is 0 Å². The van der Waals surface area contributed by atoms with Gasteiger partial charge in [-0.3, -0.25) is 14.4 Å². The Morgan fingerprint density at radius 2 is 1.48 bits per heavy atom. The molecule has 1 aromatic heterocycles. The molecular weight excluding hydrogens is 799 g/mol. The molecule has 0 bridgehead atoms. The van der Waals surface area contributed by atoms with Gasteiger partial charge in [0.2, 0.25) is 0 Å². The number of piperazine rings is 1. The van der Waals surface area contributed by atoms with Crippen molar-refractivity contribution in [3.8, 4) is 11.4 Å². The maximum atomic E-state index is 15.2. The van der Waals surface area contributed by atoms with Crippen LogP contribution in [0.1, 0.15) is 102 Å². The maximum Gasteiger partial charge on any atom is 0.274 e. The molecule has 62 heavy (non-hydrogen) atoms. The first-order chi connectivity index (χ1) is 30.0. The number of fused-ring (bicyclic) bond motifs is 2. The Labute approximate surface area is 367 Å². The van der Waals surface area contributed by atoms with Crippen molar-refractivity contribution in [2.45, 2.75) is 89.7 Å². The fraction of sp³-hybridized carbons (Fsp3) is 0.429. The molecule has 3 heterocycles. The van der Waals surface area contributed by atoms with E-state index in [9.17, 15) is 18.0 Å². The van der Waals surface area contributed by atoms with Crippen LogP contribution in [0.15, 0.2) is 96.0 Å². The van der Waals surface area contributed by atoms with E-state index in [1.165, 1.54) is 23.8 Å². The summed E-state index contributed by atoms with van der Waals surface area (Å²) in [6, 6.07) is 24.9. The molecule has 0 unspecified atom stereocenters. The van der Waals surface area contributed by atoms with Gasteiger partial charge < -0.3 is 24.2 Å². The highest BCUT2D eigenvalue weighted by Gasteiger charge is 2.33. The van der Waals surface area contributed by atoms with Crippen molar-refractivity contribution in [3.05, 3.63) is 119 Å². The van der Waals surface area contributed by atoms with Gasteiger partial charge in [-0.2, -0.15) is 0 Å². The van der Waals surface area contributed by atoms with Gasteiger partial charge in [-0.15, -0.1) is 0 Å². The molecule has 3 amide bonds. The monoisotopic (exact) mass is 859 g/mol. The number of amides is 3. The third kappa shape index (κ3) is 10.3. The molecule has 1 atom stereocenters. The highest BCUT2D eigenvalue weighted by Crippen LogP contribution is 2.32. The zero-order chi connectivity index (χ0) is 43.8. The van der Waals surface area contributed by atoms with Crippen LogP contribution in [-0.2, 0) is 29.5 Å². The second kappa shape index (κ2) is 20.2. The molecular formula is C49H61N7O5S. The average Bonchev–Trinajstić information content (AvgIpc) is 3.72. The van der Waals surface area contributed by atoms with Crippen molar-refractivity contribution in [2.24, 2.45) is 0 Å². The summed E-state index contributed by atoms with van der Waals surface area (Å²) in [4.78, 5) is 57.0. The Kier molecular flexibility index (Phi) is 14.6. The summed E-state index contributed by atoms with van der Waals surface area (Å²) in [6.07, 6.45) is 7.69. The van der Waals surface area contributed by atoms with Gasteiger partial charge in [-0.1, -0.05) is 88.2 Å². The summed E-state index contributed by atoms with van der Waals surface area (Å²) in [6.45, 7) is 13.3. The predicted molar refractivity (Wildman–Crippen MR) is 245 cm³/mol. The fourth-order valence-electron chi connectivity index (χ4n) is 8.59. The standard InChI is InChI=1S/C49H61N7O5S/c1-5-8-24-54(25-9-6-2)49(59)45-35-55(26-14-23-53-29-27-52(4)28-30-53)46(50-45)43-22-20-39(47(57)51-62(60,61)42-21-19-36-15-10-11-17-38(36)32-42)33-44(43)48(58)56-34-40-18-13-12-16-37(40)31-41(56)7-3/h10-13,15-22,32-33,35,41H,5-9,14,23-31,34H2,1-4H3,(H,51,57)/t41-/m1/s1. The molecule has 13 heteroatoms. The van der Waals surface area contributed by atoms with Crippen molar-refractivity contribution >= 4 is 38.5 Å². The average molecular weight is 860 g/mol. The number of rotatable bonds is 17. The molecule has 1 saturated heterocycles. The van der Waals surface area contributed by atoms with Crippen LogP contribution in [0.2, 0.25) is 0 Å². The number of aromatic nitrogens is 2. The zero-order valence-corrected chi connectivity index (χ0v) is 37.5. The van der Waals surface area contributed by atoms with Crippen LogP contribution in [0.4, 0.5) is 0 Å². The molecule has 0 saturated carbocycles. The number of nitrogens with one attached hydrogen (secondary N) is 1. The molecule has 0 aliphatic carbocycles. The molecule has 5 aromatic rings. The third-order valence-electron chi connectivity index (χ3n) is 12.4. The molecule has 4 aromatic carbocycles. The van der Waals surface area contributed by atoms with E-state index in [1.807, 2.05) is 63.0 Å². The van der Waals surface area contributed by atoms with Gasteiger partial charge >= 0.3 is 0 Å². The first kappa shape index (κ1) is 44.7. The molecule has 1 N–H and O–H groups in total. The number of benzene rings is 4. The van der Waals surface area contributed by atoms with Crippen LogP contribution < -0.4 is 4.72 Å². The highest BCUT2D eigenvalue weighted by atomic mass is 32.2. The summed E-state index contributed by atoms with van der Waals surface area (Å²) in [7, 11) is -2.14. The van der Waals surface area contributed by atoms with Crippen molar-refractivity contribution in [1.29, 1.82) is 0 Å². The van der Waals surface area contributed by atoms with Crippen molar-refractivity contribution in [3.63, 3.8) is 0 Å². The van der Waals surface area contributed by atoms with E-state index in [1.54, 1.807) is 18.2 Å². The fourth-order valence-corrected chi connectivity index (χ4v) is 9.60. The van der Waals surface area contributed by atoms with Crippen LogP contribution in [0.25, 0.3) is 22.2 Å². The highest BCUT2D eigenvalue weighted by molar-refractivity contribution is 7.90. The smallest absolute Gasteiger partial charge is 0.274 e. The number of likely N-dealkylation sites (N-methyl/N-ethyl adjacent to an activating group) is 1. The maximum absolute atomic E-state index is 15.2. The van der Waals surface area contributed by atoms with E-state index < -0.39 is 15.9 Å². The number of unbranched alkanes of at least 4 members (excludes halogenated alkanes) is 2. The van der Waals surface area contributed by atoms with Crippen LogP contribution >= 0.6 is 0 Å². The lowest BCUT2D eigenvalue weighted by molar-refractivity contribution is 0.0635. The van der Waals surface area contributed by atoms with E-state index >= 15 is 4.79 Å². The van der Waals surface area contributed by atoms with Crippen molar-refractivity contribution < 1.29 is 22.8 Å². The van der Waals surface area contributed by atoms with Gasteiger partial charge in [0.25, 0.3) is 27.7 Å². The van der Waals surface area contributed by atoms with Crippen LogP contribution in [0, 0.1) is 0 Å². The van der Waals surface area contributed by atoms with Crippen molar-refractivity contribution in [1.82, 2.24) is 33.9 Å². The molecule has 1 fully saturated rings. The number of hydrogen-bond donors (Lipinski definition) is 1.